The summed E-state index contributed by atoms with van der Waals surface area (Å²) in [4.78, 5) is 22.3. The lowest BCUT2D eigenvalue weighted by atomic mass is 9.86. The van der Waals surface area contributed by atoms with E-state index in [0.29, 0.717) is 6.42 Å². The number of carboxylic acids is 1. The lowest BCUT2D eigenvalue weighted by Gasteiger charge is -2.17. The zero-order valence-corrected chi connectivity index (χ0v) is 10.2. The number of ketones is 1. The lowest BCUT2D eigenvalue weighted by Crippen LogP contribution is -2.34. The van der Waals surface area contributed by atoms with Crippen LogP contribution in [0.25, 0.3) is 0 Å². The Kier molecular flexibility index (Phi) is 6.65. The van der Waals surface area contributed by atoms with Crippen LogP contribution in [-0.2, 0) is 9.59 Å². The first-order valence-corrected chi connectivity index (χ1v) is 5.49. The topological polar surface area (TPSA) is 80.4 Å². The molecule has 0 saturated carbocycles. The van der Waals surface area contributed by atoms with Gasteiger partial charge in [-0.1, -0.05) is 18.6 Å². The molecule has 16 heavy (non-hydrogen) atoms. The van der Waals surface area contributed by atoms with Crippen molar-refractivity contribution in [3.05, 3.63) is 11.6 Å². The van der Waals surface area contributed by atoms with E-state index in [1.54, 1.807) is 6.92 Å². The SMILES string of the molecule is CC(C)=CCCC(C)C(C(=O)O)C(=O)CN. The summed E-state index contributed by atoms with van der Waals surface area (Å²) >= 11 is 0. The van der Waals surface area contributed by atoms with Crippen molar-refractivity contribution in [2.45, 2.75) is 33.6 Å². The van der Waals surface area contributed by atoms with Crippen molar-refractivity contribution in [3.8, 4) is 0 Å². The molecule has 0 aliphatic carbocycles. The minimum atomic E-state index is -1.07. The molecule has 2 atom stereocenters. The van der Waals surface area contributed by atoms with E-state index in [2.05, 4.69) is 0 Å². The van der Waals surface area contributed by atoms with Crippen LogP contribution >= 0.6 is 0 Å². The summed E-state index contributed by atoms with van der Waals surface area (Å²) in [5, 5.41) is 8.96. The molecule has 0 spiro atoms. The van der Waals surface area contributed by atoms with Gasteiger partial charge in [0.1, 0.15) is 5.92 Å². The summed E-state index contributed by atoms with van der Waals surface area (Å²) < 4.78 is 0. The molecule has 0 aliphatic rings. The van der Waals surface area contributed by atoms with E-state index in [9.17, 15) is 9.59 Å². The van der Waals surface area contributed by atoms with E-state index >= 15 is 0 Å². The molecule has 4 nitrogen and oxygen atoms in total. The number of aliphatic carboxylic acids is 1. The van der Waals surface area contributed by atoms with Crippen LogP contribution in [0.3, 0.4) is 0 Å². The Morgan fingerprint density at radius 3 is 2.31 bits per heavy atom. The van der Waals surface area contributed by atoms with Crippen LogP contribution < -0.4 is 5.73 Å². The van der Waals surface area contributed by atoms with Crippen LogP contribution in [0.2, 0.25) is 0 Å². The third-order valence-corrected chi connectivity index (χ3v) is 2.56. The quantitative estimate of drug-likeness (QED) is 0.511. The van der Waals surface area contributed by atoms with Gasteiger partial charge in [0.15, 0.2) is 5.78 Å². The minimum Gasteiger partial charge on any atom is -0.481 e. The van der Waals surface area contributed by atoms with Gasteiger partial charge in [0.05, 0.1) is 6.54 Å². The molecule has 0 aromatic carbocycles. The molecule has 3 N–H and O–H groups in total. The predicted molar refractivity (Wildman–Crippen MR) is 63.0 cm³/mol. The minimum absolute atomic E-state index is 0.177. The average molecular weight is 227 g/mol. The highest BCUT2D eigenvalue weighted by atomic mass is 16.4. The summed E-state index contributed by atoms with van der Waals surface area (Å²) in [6, 6.07) is 0. The van der Waals surface area contributed by atoms with Crippen molar-refractivity contribution in [1.29, 1.82) is 0 Å². The number of hydrogen-bond acceptors (Lipinski definition) is 3. The van der Waals surface area contributed by atoms with E-state index in [-0.39, 0.29) is 12.5 Å². The van der Waals surface area contributed by atoms with Gasteiger partial charge >= 0.3 is 5.97 Å². The third kappa shape index (κ3) is 5.07. The number of Topliss-reactive ketones (excluding diaryl/α,β-unsaturated/α-hetero) is 1. The lowest BCUT2D eigenvalue weighted by molar-refractivity contribution is -0.148. The first kappa shape index (κ1) is 14.8. The molecule has 0 bridgehead atoms. The number of rotatable bonds is 7. The first-order valence-electron chi connectivity index (χ1n) is 5.49. The van der Waals surface area contributed by atoms with Gasteiger partial charge in [0, 0.05) is 0 Å². The number of carbonyl (C=O) groups excluding carboxylic acids is 1. The van der Waals surface area contributed by atoms with Crippen molar-refractivity contribution >= 4 is 11.8 Å². The highest BCUT2D eigenvalue weighted by molar-refractivity contribution is 5.99. The van der Waals surface area contributed by atoms with Crippen LogP contribution in [-0.4, -0.2) is 23.4 Å². The van der Waals surface area contributed by atoms with Crippen LogP contribution in [0.5, 0.6) is 0 Å². The fourth-order valence-corrected chi connectivity index (χ4v) is 1.63. The Bertz CT molecular complexity index is 280. The molecule has 0 amide bonds. The van der Waals surface area contributed by atoms with Gasteiger partial charge in [-0.15, -0.1) is 0 Å². The second-order valence-electron chi connectivity index (χ2n) is 4.32. The maximum absolute atomic E-state index is 11.4. The molecular weight excluding hydrogens is 206 g/mol. The normalized spacial score (nSPS) is 14.0. The summed E-state index contributed by atoms with van der Waals surface area (Å²) in [5.74, 6) is -2.60. The number of nitrogens with two attached hydrogens (primary N) is 1. The number of carboxylic acid groups (broad SMARTS) is 1. The molecule has 0 saturated heterocycles. The molecule has 92 valence electrons. The van der Waals surface area contributed by atoms with Crippen LogP contribution in [0.15, 0.2) is 11.6 Å². The monoisotopic (exact) mass is 227 g/mol. The van der Waals surface area contributed by atoms with Crippen molar-refractivity contribution in [1.82, 2.24) is 0 Å². The highest BCUT2D eigenvalue weighted by Crippen LogP contribution is 2.19. The Labute approximate surface area is 96.5 Å². The zero-order valence-electron chi connectivity index (χ0n) is 10.2. The maximum atomic E-state index is 11.4. The largest absolute Gasteiger partial charge is 0.481 e. The van der Waals surface area contributed by atoms with E-state index in [1.165, 1.54) is 5.57 Å². The van der Waals surface area contributed by atoms with Crippen molar-refractivity contribution in [2.75, 3.05) is 6.54 Å². The molecule has 0 rings (SSSR count). The third-order valence-electron chi connectivity index (χ3n) is 2.56. The summed E-state index contributed by atoms with van der Waals surface area (Å²) in [6.07, 6.45) is 3.53. The second kappa shape index (κ2) is 7.17. The summed E-state index contributed by atoms with van der Waals surface area (Å²) in [5.41, 5.74) is 6.40. The van der Waals surface area contributed by atoms with Gasteiger partial charge in [0.2, 0.25) is 0 Å². The Hall–Kier alpha value is -1.16. The molecule has 4 heteroatoms. The fraction of sp³-hybridized carbons (Fsp3) is 0.667. The van der Waals surface area contributed by atoms with E-state index < -0.39 is 17.7 Å². The van der Waals surface area contributed by atoms with Gasteiger partial charge in [-0.3, -0.25) is 9.59 Å². The van der Waals surface area contributed by atoms with E-state index in [0.717, 1.165) is 6.42 Å². The first-order chi connectivity index (χ1) is 7.40. The van der Waals surface area contributed by atoms with Gasteiger partial charge < -0.3 is 10.8 Å². The zero-order chi connectivity index (χ0) is 12.7. The molecule has 0 radical (unpaired) electrons. The second-order valence-corrected chi connectivity index (χ2v) is 4.32. The average Bonchev–Trinajstić information content (AvgIpc) is 2.16. The molecule has 0 fully saturated rings. The predicted octanol–water partition coefficient (Wildman–Crippen LogP) is 1.60. The fourth-order valence-electron chi connectivity index (χ4n) is 1.63. The number of allylic oxidation sites excluding steroid dienone is 2. The molecule has 2 unspecified atom stereocenters. The maximum Gasteiger partial charge on any atom is 0.314 e. The molecule has 0 aliphatic heterocycles. The van der Waals surface area contributed by atoms with Crippen LogP contribution in [0, 0.1) is 11.8 Å². The van der Waals surface area contributed by atoms with E-state index in [1.807, 2.05) is 19.9 Å². The summed E-state index contributed by atoms with van der Waals surface area (Å²) in [7, 11) is 0. The van der Waals surface area contributed by atoms with Crippen LogP contribution in [0.4, 0.5) is 0 Å². The van der Waals surface area contributed by atoms with Gasteiger partial charge in [-0.25, -0.2) is 0 Å². The van der Waals surface area contributed by atoms with Gasteiger partial charge in [0.25, 0.3) is 0 Å². The molecular formula is C12H21NO3. The summed E-state index contributed by atoms with van der Waals surface area (Å²) in [6.45, 7) is 5.56. The number of hydrogen-bond donors (Lipinski definition) is 2. The molecule has 0 aromatic rings. The van der Waals surface area contributed by atoms with Crippen LogP contribution in [0.1, 0.15) is 33.6 Å². The number of carbonyl (C=O) groups is 2. The highest BCUT2D eigenvalue weighted by Gasteiger charge is 2.30. The van der Waals surface area contributed by atoms with Gasteiger partial charge in [-0.2, -0.15) is 0 Å². The Morgan fingerprint density at radius 2 is 1.94 bits per heavy atom. The smallest absolute Gasteiger partial charge is 0.314 e. The standard InChI is InChI=1S/C12H21NO3/c1-8(2)5-4-6-9(3)11(12(15)16)10(14)7-13/h5,9,11H,4,6-7,13H2,1-3H3,(H,15,16). The molecule has 0 aromatic heterocycles. The van der Waals surface area contributed by atoms with Crippen molar-refractivity contribution in [3.63, 3.8) is 0 Å². The Morgan fingerprint density at radius 1 is 1.38 bits per heavy atom. The van der Waals surface area contributed by atoms with Gasteiger partial charge in [-0.05, 0) is 32.6 Å². The Balaban J connectivity index is 4.40. The van der Waals surface area contributed by atoms with E-state index in [4.69, 9.17) is 10.8 Å². The molecule has 0 heterocycles. The van der Waals surface area contributed by atoms with Crippen molar-refractivity contribution < 1.29 is 14.7 Å². The van der Waals surface area contributed by atoms with Crippen molar-refractivity contribution in [2.24, 2.45) is 17.6 Å².